The monoisotopic (exact) mass is 224 g/mol. The van der Waals surface area contributed by atoms with E-state index >= 15 is 0 Å². The topological polar surface area (TPSA) is 37.3 Å². The van der Waals surface area contributed by atoms with Gasteiger partial charge in [0.1, 0.15) is 5.78 Å². The minimum absolute atomic E-state index is 0.0842. The molecule has 0 heterocycles. The van der Waals surface area contributed by atoms with Crippen LogP contribution in [0.25, 0.3) is 0 Å². The van der Waals surface area contributed by atoms with Gasteiger partial charge in [0.2, 0.25) is 0 Å². The number of fused-ring (bicyclic) bond motifs is 2. The third-order valence-electron chi connectivity index (χ3n) is 4.96. The minimum Gasteiger partial charge on any atom is -0.392 e. The summed E-state index contributed by atoms with van der Waals surface area (Å²) in [5.74, 6) is 0.786. The van der Waals surface area contributed by atoms with Crippen LogP contribution in [0.1, 0.15) is 53.9 Å². The number of ketones is 1. The Labute approximate surface area is 98.4 Å². The Bertz CT molecular complexity index is 324. The lowest BCUT2D eigenvalue weighted by atomic mass is 9.64. The first-order valence-corrected chi connectivity index (χ1v) is 6.35. The fourth-order valence-corrected chi connectivity index (χ4v) is 3.97. The quantitative estimate of drug-likeness (QED) is 0.743. The number of hydrogen-bond acceptors (Lipinski definition) is 2. The average Bonchev–Trinajstić information content (AvgIpc) is 2.65. The molecule has 0 saturated heterocycles. The van der Waals surface area contributed by atoms with Gasteiger partial charge in [-0.2, -0.15) is 0 Å². The van der Waals surface area contributed by atoms with E-state index in [4.69, 9.17) is 0 Å². The molecule has 2 nitrogen and oxygen atoms in total. The molecule has 2 rings (SSSR count). The van der Waals surface area contributed by atoms with E-state index in [1.807, 2.05) is 20.8 Å². The van der Waals surface area contributed by atoms with Gasteiger partial charge in [-0.1, -0.05) is 34.6 Å². The summed E-state index contributed by atoms with van der Waals surface area (Å²) >= 11 is 0. The maximum atomic E-state index is 12.6. The molecule has 0 aromatic heterocycles. The highest BCUT2D eigenvalue weighted by Crippen LogP contribution is 2.64. The number of aliphatic hydroxyl groups excluding tert-OH is 1. The predicted octanol–water partition coefficient (Wildman–Crippen LogP) is 2.79. The number of carbonyl (C=O) groups is 1. The third-order valence-corrected chi connectivity index (χ3v) is 4.96. The maximum Gasteiger partial charge on any atom is 0.146 e. The van der Waals surface area contributed by atoms with Gasteiger partial charge in [0.25, 0.3) is 0 Å². The Morgan fingerprint density at radius 2 is 1.88 bits per heavy atom. The minimum atomic E-state index is -0.453. The van der Waals surface area contributed by atoms with Crippen LogP contribution < -0.4 is 0 Å². The molecule has 0 aromatic carbocycles. The Morgan fingerprint density at radius 3 is 2.25 bits per heavy atom. The summed E-state index contributed by atoms with van der Waals surface area (Å²) in [6.07, 6.45) is 2.44. The second-order valence-electron chi connectivity index (χ2n) is 7.40. The SMILES string of the molecule is CC(C)(C)C(=O)C12CCC(C1)C(C)(C)C2O. The largest absolute Gasteiger partial charge is 0.392 e. The average molecular weight is 224 g/mol. The van der Waals surface area contributed by atoms with E-state index in [1.54, 1.807) is 0 Å². The maximum absolute atomic E-state index is 12.6. The summed E-state index contributed by atoms with van der Waals surface area (Å²) in [5, 5.41) is 10.5. The lowest BCUT2D eigenvalue weighted by molar-refractivity contribution is -0.146. The van der Waals surface area contributed by atoms with Crippen molar-refractivity contribution >= 4 is 5.78 Å². The van der Waals surface area contributed by atoms with Crippen LogP contribution >= 0.6 is 0 Å². The molecular formula is C14H24O2. The van der Waals surface area contributed by atoms with Gasteiger partial charge in [-0.25, -0.2) is 0 Å². The van der Waals surface area contributed by atoms with Gasteiger partial charge in [-0.3, -0.25) is 4.79 Å². The Kier molecular flexibility index (Phi) is 2.34. The van der Waals surface area contributed by atoms with Crippen LogP contribution in [-0.4, -0.2) is 17.0 Å². The summed E-state index contributed by atoms with van der Waals surface area (Å²) in [6, 6.07) is 0. The van der Waals surface area contributed by atoms with E-state index in [-0.39, 0.29) is 16.6 Å². The molecule has 0 aromatic rings. The molecule has 3 atom stereocenters. The van der Waals surface area contributed by atoms with Gasteiger partial charge < -0.3 is 5.11 Å². The van der Waals surface area contributed by atoms with E-state index < -0.39 is 11.5 Å². The lowest BCUT2D eigenvalue weighted by Crippen LogP contribution is -2.49. The molecular weight excluding hydrogens is 200 g/mol. The molecule has 0 radical (unpaired) electrons. The first-order chi connectivity index (χ1) is 7.12. The van der Waals surface area contributed by atoms with E-state index in [2.05, 4.69) is 13.8 Å². The van der Waals surface area contributed by atoms with Gasteiger partial charge >= 0.3 is 0 Å². The Morgan fingerprint density at radius 1 is 1.31 bits per heavy atom. The van der Waals surface area contributed by atoms with Gasteiger partial charge in [0.15, 0.2) is 0 Å². The summed E-state index contributed by atoms with van der Waals surface area (Å²) in [7, 11) is 0. The van der Waals surface area contributed by atoms with Crippen molar-refractivity contribution < 1.29 is 9.90 Å². The number of Topliss-reactive ketones (excluding diaryl/α,β-unsaturated/α-hetero) is 1. The normalized spacial score (nSPS) is 41.4. The van der Waals surface area contributed by atoms with E-state index in [0.717, 1.165) is 19.3 Å². The van der Waals surface area contributed by atoms with Crippen molar-refractivity contribution in [3.63, 3.8) is 0 Å². The molecule has 16 heavy (non-hydrogen) atoms. The molecule has 2 fully saturated rings. The van der Waals surface area contributed by atoms with Gasteiger partial charge in [-0.15, -0.1) is 0 Å². The molecule has 2 heteroatoms. The van der Waals surface area contributed by atoms with Crippen LogP contribution in [0.4, 0.5) is 0 Å². The Balaban J connectivity index is 2.38. The highest BCUT2D eigenvalue weighted by atomic mass is 16.3. The van der Waals surface area contributed by atoms with Crippen molar-refractivity contribution in [2.24, 2.45) is 22.2 Å². The van der Waals surface area contributed by atoms with Crippen molar-refractivity contribution in [3.8, 4) is 0 Å². The van der Waals surface area contributed by atoms with E-state index in [9.17, 15) is 9.90 Å². The van der Waals surface area contributed by atoms with Gasteiger partial charge in [0.05, 0.1) is 11.5 Å². The molecule has 0 spiro atoms. The number of carbonyl (C=O) groups excluding carboxylic acids is 1. The number of hydrogen-bond donors (Lipinski definition) is 1. The molecule has 0 aliphatic heterocycles. The van der Waals surface area contributed by atoms with Gasteiger partial charge in [-0.05, 0) is 30.6 Å². The van der Waals surface area contributed by atoms with Crippen LogP contribution in [0.2, 0.25) is 0 Å². The highest BCUT2D eigenvalue weighted by molar-refractivity contribution is 5.91. The van der Waals surface area contributed by atoms with Crippen LogP contribution in [0.15, 0.2) is 0 Å². The summed E-state index contributed by atoms with van der Waals surface area (Å²) < 4.78 is 0. The second-order valence-corrected chi connectivity index (χ2v) is 7.40. The summed E-state index contributed by atoms with van der Waals surface area (Å²) in [5.41, 5.74) is -0.859. The molecule has 2 saturated carbocycles. The molecule has 2 aliphatic rings. The zero-order chi connectivity index (χ0) is 12.4. The number of rotatable bonds is 1. The first kappa shape index (κ1) is 12.1. The summed E-state index contributed by atoms with van der Waals surface area (Å²) in [6.45, 7) is 10.1. The van der Waals surface area contributed by atoms with Crippen LogP contribution in [0, 0.1) is 22.2 Å². The molecule has 1 N–H and O–H groups in total. The summed E-state index contributed by atoms with van der Waals surface area (Å²) in [4.78, 5) is 12.6. The molecule has 0 amide bonds. The van der Waals surface area contributed by atoms with Crippen LogP contribution in [0.5, 0.6) is 0 Å². The zero-order valence-electron chi connectivity index (χ0n) is 11.1. The van der Waals surface area contributed by atoms with Crippen molar-refractivity contribution in [1.82, 2.24) is 0 Å². The zero-order valence-corrected chi connectivity index (χ0v) is 11.1. The molecule has 2 aliphatic carbocycles. The highest BCUT2D eigenvalue weighted by Gasteiger charge is 2.65. The van der Waals surface area contributed by atoms with Crippen molar-refractivity contribution in [3.05, 3.63) is 0 Å². The standard InChI is InChI=1S/C14H24O2/c1-12(2,3)10(15)14-7-6-9(8-14)13(4,5)11(14)16/h9,11,16H,6-8H2,1-5H3. The van der Waals surface area contributed by atoms with Gasteiger partial charge in [0, 0.05) is 5.41 Å². The van der Waals surface area contributed by atoms with Crippen LogP contribution in [0.3, 0.4) is 0 Å². The van der Waals surface area contributed by atoms with Crippen molar-refractivity contribution in [2.75, 3.05) is 0 Å². The number of aliphatic hydroxyl groups is 1. The van der Waals surface area contributed by atoms with E-state index in [0.29, 0.717) is 5.92 Å². The molecule has 2 bridgehead atoms. The molecule has 92 valence electrons. The second kappa shape index (κ2) is 3.10. The predicted molar refractivity (Wildman–Crippen MR) is 64.0 cm³/mol. The van der Waals surface area contributed by atoms with Crippen molar-refractivity contribution in [2.45, 2.75) is 60.0 Å². The smallest absolute Gasteiger partial charge is 0.146 e. The van der Waals surface area contributed by atoms with E-state index in [1.165, 1.54) is 0 Å². The Hall–Kier alpha value is -0.370. The first-order valence-electron chi connectivity index (χ1n) is 6.35. The fraction of sp³-hybridized carbons (Fsp3) is 0.929. The third kappa shape index (κ3) is 1.32. The fourth-order valence-electron chi connectivity index (χ4n) is 3.97. The lowest BCUT2D eigenvalue weighted by Gasteiger charge is -2.42. The van der Waals surface area contributed by atoms with Crippen LogP contribution in [-0.2, 0) is 4.79 Å². The molecule has 3 unspecified atom stereocenters. The van der Waals surface area contributed by atoms with Crippen molar-refractivity contribution in [1.29, 1.82) is 0 Å².